The smallest absolute Gasteiger partial charge is 0.323 e. The maximum absolute atomic E-state index is 11.8. The van der Waals surface area contributed by atoms with Gasteiger partial charge in [-0.1, -0.05) is 29.8 Å². The summed E-state index contributed by atoms with van der Waals surface area (Å²) in [6.07, 6.45) is 0. The first-order chi connectivity index (χ1) is 8.41. The van der Waals surface area contributed by atoms with Gasteiger partial charge in [0.05, 0.1) is 0 Å². The van der Waals surface area contributed by atoms with Crippen molar-refractivity contribution in [3.05, 3.63) is 34.9 Å². The van der Waals surface area contributed by atoms with Gasteiger partial charge in [-0.25, -0.2) is 4.79 Å². The Labute approximate surface area is 111 Å². The molecule has 0 atom stereocenters. The maximum atomic E-state index is 11.8. The average Bonchev–Trinajstić information content (AvgIpc) is 2.30. The summed E-state index contributed by atoms with van der Waals surface area (Å²) in [7, 11) is 3.05. The molecule has 0 aliphatic rings. The van der Waals surface area contributed by atoms with Crippen LogP contribution in [-0.4, -0.2) is 47.5 Å². The zero-order chi connectivity index (χ0) is 13.7. The Kier molecular flexibility index (Phi) is 4.97. The van der Waals surface area contributed by atoms with Gasteiger partial charge in [0.15, 0.2) is 0 Å². The van der Waals surface area contributed by atoms with Crippen LogP contribution >= 0.6 is 11.6 Å². The van der Waals surface area contributed by atoms with Crippen LogP contribution < -0.4 is 0 Å². The van der Waals surface area contributed by atoms with Crippen LogP contribution in [0.5, 0.6) is 0 Å². The van der Waals surface area contributed by atoms with E-state index < -0.39 is 5.97 Å². The number of urea groups is 1. The highest BCUT2D eigenvalue weighted by Crippen LogP contribution is 2.16. The summed E-state index contributed by atoms with van der Waals surface area (Å²) in [5.74, 6) is -1.04. The Balaban J connectivity index is 2.65. The number of aliphatic carboxylic acids is 1. The summed E-state index contributed by atoms with van der Waals surface area (Å²) in [4.78, 5) is 24.9. The number of carbonyl (C=O) groups excluding carboxylic acids is 1. The molecule has 0 unspecified atom stereocenters. The van der Waals surface area contributed by atoms with Crippen LogP contribution in [0.1, 0.15) is 5.56 Å². The molecule has 5 nitrogen and oxygen atoms in total. The second kappa shape index (κ2) is 6.26. The van der Waals surface area contributed by atoms with Gasteiger partial charge in [0.25, 0.3) is 0 Å². The first kappa shape index (κ1) is 14.3. The highest BCUT2D eigenvalue weighted by Gasteiger charge is 2.17. The minimum Gasteiger partial charge on any atom is -0.480 e. The van der Waals surface area contributed by atoms with E-state index in [9.17, 15) is 9.59 Å². The molecule has 98 valence electrons. The van der Waals surface area contributed by atoms with Crippen molar-refractivity contribution in [1.29, 1.82) is 0 Å². The quantitative estimate of drug-likeness (QED) is 0.909. The highest BCUT2D eigenvalue weighted by atomic mass is 35.5. The van der Waals surface area contributed by atoms with Crippen molar-refractivity contribution in [3.63, 3.8) is 0 Å². The van der Waals surface area contributed by atoms with Gasteiger partial charge >= 0.3 is 12.0 Å². The number of benzene rings is 1. The van der Waals surface area contributed by atoms with E-state index in [0.29, 0.717) is 11.6 Å². The molecule has 0 saturated heterocycles. The Morgan fingerprint density at radius 1 is 1.22 bits per heavy atom. The molecule has 6 heteroatoms. The van der Waals surface area contributed by atoms with Gasteiger partial charge < -0.3 is 14.9 Å². The number of hydrogen-bond donors (Lipinski definition) is 1. The van der Waals surface area contributed by atoms with Crippen molar-refractivity contribution < 1.29 is 14.7 Å². The van der Waals surface area contributed by atoms with Crippen LogP contribution in [0, 0.1) is 0 Å². The Bertz CT molecular complexity index is 451. The van der Waals surface area contributed by atoms with Gasteiger partial charge in [0.2, 0.25) is 0 Å². The number of amides is 2. The SMILES string of the molecule is CN(CC(=O)O)C(=O)N(C)Cc1ccccc1Cl. The number of carboxylic acids is 1. The number of likely N-dealkylation sites (N-methyl/N-ethyl adjacent to an activating group) is 1. The second-order valence-electron chi connectivity index (χ2n) is 3.98. The molecule has 0 aliphatic carbocycles. The number of nitrogens with zero attached hydrogens (tertiary/aromatic N) is 2. The predicted molar refractivity (Wildman–Crippen MR) is 68.6 cm³/mol. The zero-order valence-corrected chi connectivity index (χ0v) is 11.0. The number of rotatable bonds is 4. The van der Waals surface area contributed by atoms with Gasteiger partial charge in [-0.15, -0.1) is 0 Å². The standard InChI is InChI=1S/C12H15ClN2O3/c1-14(12(18)15(2)8-11(16)17)7-9-5-3-4-6-10(9)13/h3-6H,7-8H2,1-2H3,(H,16,17). The van der Waals surface area contributed by atoms with E-state index in [2.05, 4.69) is 0 Å². The Morgan fingerprint density at radius 3 is 2.39 bits per heavy atom. The molecule has 1 aromatic rings. The summed E-state index contributed by atoms with van der Waals surface area (Å²) in [6.45, 7) is 0.00810. The maximum Gasteiger partial charge on any atom is 0.323 e. The molecule has 0 saturated carbocycles. The van der Waals surface area contributed by atoms with Gasteiger partial charge in [0, 0.05) is 25.7 Å². The summed E-state index contributed by atoms with van der Waals surface area (Å²) < 4.78 is 0. The minimum absolute atomic E-state index is 0.328. The van der Waals surface area contributed by atoms with Gasteiger partial charge in [-0.2, -0.15) is 0 Å². The van der Waals surface area contributed by atoms with Crippen LogP contribution in [0.4, 0.5) is 4.79 Å². The van der Waals surface area contributed by atoms with Crippen molar-refractivity contribution in [2.45, 2.75) is 6.54 Å². The van der Waals surface area contributed by atoms with E-state index in [4.69, 9.17) is 16.7 Å². The molecule has 2 amide bonds. The normalized spacial score (nSPS) is 9.94. The molecule has 0 aromatic heterocycles. The number of hydrogen-bond acceptors (Lipinski definition) is 2. The number of carbonyl (C=O) groups is 2. The molecule has 1 aromatic carbocycles. The first-order valence-electron chi connectivity index (χ1n) is 5.33. The number of carboxylic acid groups (broad SMARTS) is 1. The summed E-state index contributed by atoms with van der Waals surface area (Å²) in [5, 5.41) is 9.20. The molecule has 0 spiro atoms. The van der Waals surface area contributed by atoms with Crippen LogP contribution in [0.15, 0.2) is 24.3 Å². The van der Waals surface area contributed by atoms with Crippen LogP contribution in [0.2, 0.25) is 5.02 Å². The summed E-state index contributed by atoms with van der Waals surface area (Å²) in [5.41, 5.74) is 0.818. The predicted octanol–water partition coefficient (Wildman–Crippen LogP) is 1.91. The third kappa shape index (κ3) is 3.92. The molecule has 1 N–H and O–H groups in total. The van der Waals surface area contributed by atoms with E-state index in [1.54, 1.807) is 13.1 Å². The molecule has 1 rings (SSSR count). The van der Waals surface area contributed by atoms with Crippen LogP contribution in [0.3, 0.4) is 0 Å². The van der Waals surface area contributed by atoms with Crippen LogP contribution in [0.25, 0.3) is 0 Å². The third-order valence-corrected chi connectivity index (χ3v) is 2.76. The molecule has 18 heavy (non-hydrogen) atoms. The fraction of sp³-hybridized carbons (Fsp3) is 0.333. The topological polar surface area (TPSA) is 60.9 Å². The second-order valence-corrected chi connectivity index (χ2v) is 4.39. The summed E-state index contributed by atoms with van der Waals surface area (Å²) >= 11 is 5.99. The highest BCUT2D eigenvalue weighted by molar-refractivity contribution is 6.31. The lowest BCUT2D eigenvalue weighted by molar-refractivity contribution is -0.137. The van der Waals surface area contributed by atoms with Crippen molar-refractivity contribution >= 4 is 23.6 Å². The lowest BCUT2D eigenvalue weighted by atomic mass is 10.2. The third-order valence-electron chi connectivity index (χ3n) is 2.39. The van der Waals surface area contributed by atoms with Crippen molar-refractivity contribution in [2.24, 2.45) is 0 Å². The molecular weight excluding hydrogens is 256 g/mol. The van der Waals surface area contributed by atoms with E-state index in [0.717, 1.165) is 10.5 Å². The summed E-state index contributed by atoms with van der Waals surface area (Å²) in [6, 6.07) is 6.85. The van der Waals surface area contributed by atoms with E-state index >= 15 is 0 Å². The Hall–Kier alpha value is -1.75. The lowest BCUT2D eigenvalue weighted by Crippen LogP contribution is -2.40. The fourth-order valence-corrected chi connectivity index (χ4v) is 1.71. The van der Waals surface area contributed by atoms with E-state index in [-0.39, 0.29) is 12.6 Å². The van der Waals surface area contributed by atoms with Crippen molar-refractivity contribution in [3.8, 4) is 0 Å². The van der Waals surface area contributed by atoms with Gasteiger partial charge in [-0.3, -0.25) is 4.79 Å². The zero-order valence-electron chi connectivity index (χ0n) is 10.3. The van der Waals surface area contributed by atoms with E-state index in [1.165, 1.54) is 11.9 Å². The average molecular weight is 271 g/mol. The van der Waals surface area contributed by atoms with Crippen LogP contribution in [-0.2, 0) is 11.3 Å². The van der Waals surface area contributed by atoms with Crippen molar-refractivity contribution in [2.75, 3.05) is 20.6 Å². The minimum atomic E-state index is -1.04. The molecule has 0 fully saturated rings. The molecule has 0 aliphatic heterocycles. The Morgan fingerprint density at radius 2 is 1.83 bits per heavy atom. The fourth-order valence-electron chi connectivity index (χ4n) is 1.51. The number of halogens is 1. The molecule has 0 radical (unpaired) electrons. The van der Waals surface area contributed by atoms with Crippen molar-refractivity contribution in [1.82, 2.24) is 9.80 Å². The molecule has 0 heterocycles. The first-order valence-corrected chi connectivity index (χ1v) is 5.71. The van der Waals surface area contributed by atoms with E-state index in [1.807, 2.05) is 18.2 Å². The van der Waals surface area contributed by atoms with Gasteiger partial charge in [0.1, 0.15) is 6.54 Å². The largest absolute Gasteiger partial charge is 0.480 e. The lowest BCUT2D eigenvalue weighted by Gasteiger charge is -2.24. The van der Waals surface area contributed by atoms with Gasteiger partial charge in [-0.05, 0) is 11.6 Å². The molecule has 0 bridgehead atoms. The molecular formula is C12H15ClN2O3. The monoisotopic (exact) mass is 270 g/mol.